The largest absolute Gasteiger partial charge is 0.480 e. The number of aldehydes is 1. The van der Waals surface area contributed by atoms with Crippen molar-refractivity contribution in [3.63, 3.8) is 0 Å². The van der Waals surface area contributed by atoms with E-state index >= 15 is 0 Å². The van der Waals surface area contributed by atoms with Crippen molar-refractivity contribution in [2.24, 2.45) is 5.92 Å². The summed E-state index contributed by atoms with van der Waals surface area (Å²) >= 11 is 4.02. The lowest BCUT2D eigenvalue weighted by Gasteiger charge is -2.17. The van der Waals surface area contributed by atoms with Crippen LogP contribution in [0.3, 0.4) is 0 Å². The smallest absolute Gasteiger partial charge is 0.326 e. The van der Waals surface area contributed by atoms with E-state index in [0.717, 1.165) is 6.29 Å². The second-order valence-corrected chi connectivity index (χ2v) is 4.36. The zero-order valence-electron chi connectivity index (χ0n) is 9.89. The quantitative estimate of drug-likeness (QED) is 0.327. The molecule has 0 aliphatic carbocycles. The number of hydrogen-bond donors (Lipinski definition) is 3. The van der Waals surface area contributed by atoms with E-state index in [1.165, 1.54) is 0 Å². The SMILES string of the molecule is CC(CCS)C(=O)NC(CCCC=O)C(=O)O. The van der Waals surface area contributed by atoms with E-state index in [1.807, 2.05) is 0 Å². The minimum atomic E-state index is -1.07. The maximum atomic E-state index is 11.6. The summed E-state index contributed by atoms with van der Waals surface area (Å²) in [7, 11) is 0. The van der Waals surface area contributed by atoms with Crippen molar-refractivity contribution in [3.8, 4) is 0 Å². The van der Waals surface area contributed by atoms with Crippen molar-refractivity contribution in [1.82, 2.24) is 5.32 Å². The van der Waals surface area contributed by atoms with Gasteiger partial charge in [-0.05, 0) is 25.0 Å². The van der Waals surface area contributed by atoms with E-state index < -0.39 is 12.0 Å². The van der Waals surface area contributed by atoms with Crippen molar-refractivity contribution in [2.75, 3.05) is 5.75 Å². The molecule has 5 nitrogen and oxygen atoms in total. The molecule has 2 N–H and O–H groups in total. The summed E-state index contributed by atoms with van der Waals surface area (Å²) in [5, 5.41) is 11.4. The van der Waals surface area contributed by atoms with Crippen molar-refractivity contribution in [3.05, 3.63) is 0 Å². The lowest BCUT2D eigenvalue weighted by atomic mass is 10.1. The number of rotatable bonds is 9. The van der Waals surface area contributed by atoms with Crippen molar-refractivity contribution in [1.29, 1.82) is 0 Å². The van der Waals surface area contributed by atoms with Gasteiger partial charge in [0.25, 0.3) is 0 Å². The highest BCUT2D eigenvalue weighted by Gasteiger charge is 2.21. The molecule has 0 saturated heterocycles. The summed E-state index contributed by atoms with van der Waals surface area (Å²) in [6.07, 6.45) is 2.39. The number of carbonyl (C=O) groups excluding carboxylic acids is 2. The van der Waals surface area contributed by atoms with Crippen LogP contribution in [0.25, 0.3) is 0 Å². The van der Waals surface area contributed by atoms with E-state index in [0.29, 0.717) is 25.0 Å². The van der Waals surface area contributed by atoms with Gasteiger partial charge in [0.05, 0.1) is 0 Å². The molecule has 1 amide bonds. The molecule has 0 aliphatic rings. The molecule has 0 fully saturated rings. The number of carboxylic acid groups (broad SMARTS) is 1. The zero-order valence-corrected chi connectivity index (χ0v) is 10.8. The average molecular weight is 261 g/mol. The third-order valence-corrected chi connectivity index (χ3v) is 2.70. The van der Waals surface area contributed by atoms with Crippen LogP contribution >= 0.6 is 12.6 Å². The van der Waals surface area contributed by atoms with Gasteiger partial charge in [0.15, 0.2) is 0 Å². The Kier molecular flexibility index (Phi) is 8.49. The Balaban J connectivity index is 4.19. The lowest BCUT2D eigenvalue weighted by molar-refractivity contribution is -0.142. The first-order valence-corrected chi connectivity index (χ1v) is 6.23. The zero-order chi connectivity index (χ0) is 13.3. The molecule has 2 atom stereocenters. The van der Waals surface area contributed by atoms with Gasteiger partial charge in [-0.1, -0.05) is 6.92 Å². The summed E-state index contributed by atoms with van der Waals surface area (Å²) in [6.45, 7) is 1.73. The average Bonchev–Trinajstić information content (AvgIpc) is 2.27. The van der Waals surface area contributed by atoms with E-state index in [-0.39, 0.29) is 18.2 Å². The first-order chi connectivity index (χ1) is 8.02. The molecular formula is C11H19NO4S. The predicted octanol–water partition coefficient (Wildman–Crippen LogP) is 0.881. The molecule has 0 bridgehead atoms. The molecule has 0 spiro atoms. The van der Waals surface area contributed by atoms with E-state index in [9.17, 15) is 14.4 Å². The fourth-order valence-corrected chi connectivity index (χ4v) is 1.69. The Morgan fingerprint density at radius 1 is 1.41 bits per heavy atom. The van der Waals surface area contributed by atoms with Gasteiger partial charge in [-0.3, -0.25) is 4.79 Å². The number of carboxylic acids is 1. The van der Waals surface area contributed by atoms with Crippen LogP contribution in [0.5, 0.6) is 0 Å². The number of thiol groups is 1. The lowest BCUT2D eigenvalue weighted by Crippen LogP contribution is -2.43. The van der Waals surface area contributed by atoms with Gasteiger partial charge in [0.1, 0.15) is 12.3 Å². The highest BCUT2D eigenvalue weighted by Crippen LogP contribution is 2.06. The van der Waals surface area contributed by atoms with Gasteiger partial charge < -0.3 is 15.2 Å². The molecule has 0 saturated carbocycles. The van der Waals surface area contributed by atoms with Crippen LogP contribution in [0.1, 0.15) is 32.6 Å². The topological polar surface area (TPSA) is 83.5 Å². The Labute approximate surface area is 106 Å². The van der Waals surface area contributed by atoms with E-state index in [1.54, 1.807) is 6.92 Å². The number of carbonyl (C=O) groups is 3. The van der Waals surface area contributed by atoms with Gasteiger partial charge in [0, 0.05) is 12.3 Å². The third-order valence-electron chi connectivity index (χ3n) is 2.44. The Hall–Kier alpha value is -1.04. The molecule has 17 heavy (non-hydrogen) atoms. The minimum Gasteiger partial charge on any atom is -0.480 e. The second-order valence-electron chi connectivity index (χ2n) is 3.91. The number of amides is 1. The highest BCUT2D eigenvalue weighted by atomic mass is 32.1. The number of nitrogens with one attached hydrogen (secondary N) is 1. The molecular weight excluding hydrogens is 242 g/mol. The van der Waals surface area contributed by atoms with E-state index in [2.05, 4.69) is 17.9 Å². The van der Waals surface area contributed by atoms with Crippen LogP contribution in [0, 0.1) is 5.92 Å². The Morgan fingerprint density at radius 2 is 2.06 bits per heavy atom. The number of hydrogen-bond acceptors (Lipinski definition) is 4. The molecule has 2 unspecified atom stereocenters. The van der Waals surface area contributed by atoms with Gasteiger partial charge in [-0.2, -0.15) is 12.6 Å². The highest BCUT2D eigenvalue weighted by molar-refractivity contribution is 7.80. The van der Waals surface area contributed by atoms with Gasteiger partial charge >= 0.3 is 5.97 Å². The molecule has 0 aromatic carbocycles. The third kappa shape index (κ3) is 6.99. The fraction of sp³-hybridized carbons (Fsp3) is 0.727. The van der Waals surface area contributed by atoms with Crippen LogP contribution in [0.4, 0.5) is 0 Å². The fourth-order valence-electron chi connectivity index (χ4n) is 1.30. The van der Waals surface area contributed by atoms with Crippen LogP contribution < -0.4 is 5.32 Å². The summed E-state index contributed by atoms with van der Waals surface area (Å²) < 4.78 is 0. The standard InChI is InChI=1S/C11H19NO4S/c1-8(5-7-17)10(14)12-9(11(15)16)4-2-3-6-13/h6,8-9,17H,2-5,7H2,1H3,(H,12,14)(H,15,16). The molecule has 98 valence electrons. The van der Waals surface area contributed by atoms with Crippen LogP contribution in [0.15, 0.2) is 0 Å². The Bertz CT molecular complexity index is 270. The van der Waals surface area contributed by atoms with Gasteiger partial charge in [0.2, 0.25) is 5.91 Å². The van der Waals surface area contributed by atoms with Crippen LogP contribution in [-0.4, -0.2) is 35.1 Å². The molecule has 0 aromatic rings. The second kappa shape index (κ2) is 9.04. The first kappa shape index (κ1) is 16.0. The number of unbranched alkanes of at least 4 members (excludes halogenated alkanes) is 1. The summed E-state index contributed by atoms with van der Waals surface area (Å²) in [5.74, 6) is -1.02. The molecule has 0 aromatic heterocycles. The monoisotopic (exact) mass is 261 g/mol. The Morgan fingerprint density at radius 3 is 2.53 bits per heavy atom. The molecule has 0 radical (unpaired) electrons. The maximum Gasteiger partial charge on any atom is 0.326 e. The molecule has 0 rings (SSSR count). The normalized spacial score (nSPS) is 13.8. The summed E-state index contributed by atoms with van der Waals surface area (Å²) in [5.41, 5.74) is 0. The van der Waals surface area contributed by atoms with Gasteiger partial charge in [-0.15, -0.1) is 0 Å². The van der Waals surface area contributed by atoms with Crippen molar-refractivity contribution >= 4 is 30.8 Å². The predicted molar refractivity (Wildman–Crippen MR) is 67.1 cm³/mol. The summed E-state index contributed by atoms with van der Waals surface area (Å²) in [6, 6.07) is -0.912. The maximum absolute atomic E-state index is 11.6. The van der Waals surface area contributed by atoms with Crippen LogP contribution in [-0.2, 0) is 14.4 Å². The number of aliphatic carboxylic acids is 1. The summed E-state index contributed by atoms with van der Waals surface area (Å²) in [4.78, 5) is 32.6. The van der Waals surface area contributed by atoms with Crippen molar-refractivity contribution < 1.29 is 19.5 Å². The molecule has 0 heterocycles. The van der Waals surface area contributed by atoms with Gasteiger partial charge in [-0.25, -0.2) is 4.79 Å². The molecule has 6 heteroatoms. The van der Waals surface area contributed by atoms with E-state index in [4.69, 9.17) is 5.11 Å². The van der Waals surface area contributed by atoms with Crippen LogP contribution in [0.2, 0.25) is 0 Å². The molecule has 0 aliphatic heterocycles. The minimum absolute atomic E-state index is 0.250. The first-order valence-electron chi connectivity index (χ1n) is 5.60. The van der Waals surface area contributed by atoms with Crippen molar-refractivity contribution in [2.45, 2.75) is 38.6 Å².